The highest BCUT2D eigenvalue weighted by atomic mass is 16.6. The van der Waals surface area contributed by atoms with Crippen molar-refractivity contribution in [3.63, 3.8) is 0 Å². The van der Waals surface area contributed by atoms with Gasteiger partial charge in [0.25, 0.3) is 0 Å². The molecule has 0 radical (unpaired) electrons. The van der Waals surface area contributed by atoms with Gasteiger partial charge in [-0.15, -0.1) is 0 Å². The fourth-order valence-corrected chi connectivity index (χ4v) is 2.65. The van der Waals surface area contributed by atoms with E-state index in [-0.39, 0.29) is 0 Å². The quantitative estimate of drug-likeness (QED) is 0.203. The van der Waals surface area contributed by atoms with Crippen LogP contribution in [-0.4, -0.2) is 17.3 Å². The monoisotopic (exact) mass is 280 g/mol. The number of aliphatic hydroxyl groups excluding tert-OH is 1. The van der Waals surface area contributed by atoms with Gasteiger partial charge in [0.2, 0.25) is 0 Å². The Morgan fingerprint density at radius 2 is 1.50 bits per heavy atom. The minimum absolute atomic E-state index is 0.562. The van der Waals surface area contributed by atoms with Gasteiger partial charge in [-0.3, -0.25) is 0 Å². The molecule has 0 aromatic rings. The lowest BCUT2D eigenvalue weighted by Gasteiger charge is -1.99. The van der Waals surface area contributed by atoms with Gasteiger partial charge in [0.1, 0.15) is 0 Å². The van der Waals surface area contributed by atoms with E-state index in [9.17, 15) is 0 Å². The van der Waals surface area contributed by atoms with Crippen molar-refractivity contribution < 1.29 is 9.84 Å². The molecule has 0 aromatic heterocycles. The van der Waals surface area contributed by atoms with Crippen molar-refractivity contribution in [2.75, 3.05) is 0 Å². The van der Waals surface area contributed by atoms with Crippen LogP contribution in [0.25, 0.3) is 0 Å². The van der Waals surface area contributed by atoms with Crippen LogP contribution in [0.2, 0.25) is 0 Å². The summed E-state index contributed by atoms with van der Waals surface area (Å²) in [5.74, 6) is 0. The first-order valence-electron chi connectivity index (χ1n) is 8.49. The average Bonchev–Trinajstić information content (AvgIpc) is 3.20. The van der Waals surface area contributed by atoms with Crippen molar-refractivity contribution in [3.05, 3.63) is 24.5 Å². The van der Waals surface area contributed by atoms with Crippen LogP contribution in [0.15, 0.2) is 24.5 Å². The fourth-order valence-electron chi connectivity index (χ4n) is 2.65. The van der Waals surface area contributed by atoms with Crippen molar-refractivity contribution in [1.29, 1.82) is 0 Å². The molecule has 0 aliphatic carbocycles. The number of unbranched alkanes of at least 4 members (excludes halogenated alkanes) is 7. The third-order valence-corrected chi connectivity index (χ3v) is 3.97. The number of aliphatic hydroxyl groups is 1. The van der Waals surface area contributed by atoms with Crippen molar-refractivity contribution in [2.45, 2.75) is 89.8 Å². The molecule has 0 bridgehead atoms. The Morgan fingerprint density at radius 3 is 2.20 bits per heavy atom. The van der Waals surface area contributed by atoms with E-state index < -0.39 is 0 Å². The number of epoxide rings is 1. The maximum Gasteiger partial charge on any atom is 0.0841 e. The molecule has 2 heteroatoms. The van der Waals surface area contributed by atoms with Crippen molar-refractivity contribution in [2.24, 2.45) is 0 Å². The van der Waals surface area contributed by atoms with Crippen LogP contribution < -0.4 is 0 Å². The van der Waals surface area contributed by atoms with E-state index >= 15 is 0 Å². The summed E-state index contributed by atoms with van der Waals surface area (Å²) >= 11 is 0. The molecule has 2 nitrogen and oxygen atoms in total. The lowest BCUT2D eigenvalue weighted by atomic mass is 10.0. The summed E-state index contributed by atoms with van der Waals surface area (Å²) in [7, 11) is 0. The molecule has 2 unspecified atom stereocenters. The van der Waals surface area contributed by atoms with E-state index in [1.807, 2.05) is 6.08 Å². The Hall–Kier alpha value is -0.760. The van der Waals surface area contributed by atoms with Crippen LogP contribution in [0.4, 0.5) is 0 Å². The smallest absolute Gasteiger partial charge is 0.0841 e. The molecular formula is C18H32O2. The van der Waals surface area contributed by atoms with Gasteiger partial charge in [-0.25, -0.2) is 0 Å². The second kappa shape index (κ2) is 12.0. The molecule has 1 saturated heterocycles. The highest BCUT2D eigenvalue weighted by Crippen LogP contribution is 2.31. The minimum atomic E-state index is 0.562. The lowest BCUT2D eigenvalue weighted by molar-refractivity contribution is 0.348. The molecule has 0 aromatic carbocycles. The summed E-state index contributed by atoms with van der Waals surface area (Å²) in [6.45, 7) is 2.27. The molecular weight excluding hydrogens is 248 g/mol. The van der Waals surface area contributed by atoms with Gasteiger partial charge in [-0.1, -0.05) is 64.0 Å². The van der Waals surface area contributed by atoms with Gasteiger partial charge in [-0.2, -0.15) is 0 Å². The van der Waals surface area contributed by atoms with E-state index in [4.69, 9.17) is 9.84 Å². The number of hydrogen-bond donors (Lipinski definition) is 1. The van der Waals surface area contributed by atoms with Gasteiger partial charge < -0.3 is 9.84 Å². The zero-order valence-electron chi connectivity index (χ0n) is 13.1. The second-order valence-corrected chi connectivity index (χ2v) is 5.82. The summed E-state index contributed by atoms with van der Waals surface area (Å²) in [4.78, 5) is 0. The zero-order chi connectivity index (χ0) is 14.5. The van der Waals surface area contributed by atoms with Crippen LogP contribution in [0.5, 0.6) is 0 Å². The molecule has 1 rings (SSSR count). The molecule has 0 spiro atoms. The molecule has 1 heterocycles. The van der Waals surface area contributed by atoms with Gasteiger partial charge in [0.05, 0.1) is 18.5 Å². The maximum absolute atomic E-state index is 8.46. The number of allylic oxidation sites excluding steroid dienone is 3. The zero-order valence-corrected chi connectivity index (χ0v) is 13.1. The first-order valence-corrected chi connectivity index (χ1v) is 8.49. The molecule has 116 valence electrons. The Labute approximate surface area is 124 Å². The van der Waals surface area contributed by atoms with Crippen LogP contribution in [0.1, 0.15) is 77.6 Å². The maximum atomic E-state index is 8.46. The fraction of sp³-hybridized carbons (Fsp3) is 0.778. The Bertz CT molecular complexity index is 271. The average molecular weight is 280 g/mol. The van der Waals surface area contributed by atoms with E-state index in [1.165, 1.54) is 64.2 Å². The summed E-state index contributed by atoms with van der Waals surface area (Å²) in [5.41, 5.74) is 0. The molecule has 1 fully saturated rings. The Balaban J connectivity index is 1.81. The van der Waals surface area contributed by atoms with Gasteiger partial charge in [0.15, 0.2) is 0 Å². The lowest BCUT2D eigenvalue weighted by Crippen LogP contribution is -1.94. The summed E-state index contributed by atoms with van der Waals surface area (Å²) in [6.07, 6.45) is 22.2. The predicted molar refractivity (Wildman–Crippen MR) is 86.0 cm³/mol. The highest BCUT2D eigenvalue weighted by molar-refractivity contribution is 4.98. The van der Waals surface area contributed by atoms with Crippen LogP contribution in [-0.2, 0) is 4.74 Å². The van der Waals surface area contributed by atoms with Crippen LogP contribution in [0, 0.1) is 0 Å². The molecule has 0 amide bonds. The number of hydrogen-bond acceptors (Lipinski definition) is 2. The number of rotatable bonds is 13. The SMILES string of the molecule is CCCCCCCCC1OC1CCCC/C=C\C=CO. The molecule has 20 heavy (non-hydrogen) atoms. The third kappa shape index (κ3) is 9.19. The predicted octanol–water partition coefficient (Wildman–Crippen LogP) is 5.69. The van der Waals surface area contributed by atoms with E-state index in [0.717, 1.165) is 12.7 Å². The molecule has 2 atom stereocenters. The second-order valence-electron chi connectivity index (χ2n) is 5.82. The Morgan fingerprint density at radius 1 is 0.850 bits per heavy atom. The standard InChI is InChI=1S/C18H32O2/c1-2-3-4-5-8-11-14-17-18(20-17)15-12-9-6-7-10-13-16-19/h7,10,13,16-19H,2-6,8-9,11-12,14-15H2,1H3/b10-7-,16-13?. The van der Waals surface area contributed by atoms with E-state index in [0.29, 0.717) is 12.2 Å². The van der Waals surface area contributed by atoms with Crippen molar-refractivity contribution in [3.8, 4) is 0 Å². The largest absolute Gasteiger partial charge is 0.516 e. The van der Waals surface area contributed by atoms with Gasteiger partial charge in [0, 0.05) is 0 Å². The van der Waals surface area contributed by atoms with Crippen molar-refractivity contribution in [1.82, 2.24) is 0 Å². The van der Waals surface area contributed by atoms with Crippen LogP contribution in [0.3, 0.4) is 0 Å². The first kappa shape index (κ1) is 17.3. The summed E-state index contributed by atoms with van der Waals surface area (Å²) < 4.78 is 5.73. The molecule has 1 N–H and O–H groups in total. The topological polar surface area (TPSA) is 32.8 Å². The van der Waals surface area contributed by atoms with Crippen LogP contribution >= 0.6 is 0 Å². The van der Waals surface area contributed by atoms with Crippen molar-refractivity contribution >= 4 is 0 Å². The Kier molecular flexibility index (Phi) is 10.4. The van der Waals surface area contributed by atoms with E-state index in [2.05, 4.69) is 13.0 Å². The summed E-state index contributed by atoms with van der Waals surface area (Å²) in [6, 6.07) is 0. The summed E-state index contributed by atoms with van der Waals surface area (Å²) in [5, 5.41) is 8.46. The van der Waals surface area contributed by atoms with Gasteiger partial charge >= 0.3 is 0 Å². The third-order valence-electron chi connectivity index (χ3n) is 3.97. The normalized spacial score (nSPS) is 22.1. The molecule has 1 aliphatic rings. The van der Waals surface area contributed by atoms with Gasteiger partial charge in [-0.05, 0) is 31.8 Å². The minimum Gasteiger partial charge on any atom is -0.516 e. The molecule has 1 aliphatic heterocycles. The first-order chi connectivity index (χ1) is 9.88. The number of ether oxygens (including phenoxy) is 1. The molecule has 0 saturated carbocycles. The highest BCUT2D eigenvalue weighted by Gasteiger charge is 2.36. The van der Waals surface area contributed by atoms with E-state index in [1.54, 1.807) is 6.08 Å².